The van der Waals surface area contributed by atoms with E-state index in [9.17, 15) is 9.59 Å². The van der Waals surface area contributed by atoms with E-state index in [4.69, 9.17) is 20.4 Å². The van der Waals surface area contributed by atoms with Gasteiger partial charge in [0.2, 0.25) is 17.6 Å². The number of nitrogens with zero attached hydrogens (tertiary/aromatic N) is 5. The van der Waals surface area contributed by atoms with Crippen molar-refractivity contribution < 1.29 is 14.3 Å². The second kappa shape index (κ2) is 11.3. The first-order valence-corrected chi connectivity index (χ1v) is 12.2. The maximum absolute atomic E-state index is 11.3. The van der Waals surface area contributed by atoms with E-state index >= 15 is 0 Å². The molecule has 1 aromatic carbocycles. The van der Waals surface area contributed by atoms with Gasteiger partial charge in [0.1, 0.15) is 0 Å². The quantitative estimate of drug-likeness (QED) is 0.313. The maximum Gasteiger partial charge on any atom is 0.231 e. The molecule has 12 nitrogen and oxygen atoms in total. The van der Waals surface area contributed by atoms with E-state index in [1.54, 1.807) is 7.11 Å². The molecule has 0 bridgehead atoms. The Bertz CT molecular complexity index is 1220. The number of carbonyl (C=O) groups is 2. The highest BCUT2D eigenvalue weighted by molar-refractivity contribution is 7.99. The van der Waals surface area contributed by atoms with Crippen LogP contribution in [0.2, 0.25) is 0 Å². The fourth-order valence-electron chi connectivity index (χ4n) is 3.81. The van der Waals surface area contributed by atoms with Crippen LogP contribution in [0, 0.1) is 6.92 Å². The maximum atomic E-state index is 11.3. The number of amides is 2. The monoisotopic (exact) mass is 511 g/mol. The Morgan fingerprint density at radius 2 is 1.89 bits per heavy atom. The molecule has 2 aromatic heterocycles. The Kier molecular flexibility index (Phi) is 7.90. The van der Waals surface area contributed by atoms with Gasteiger partial charge in [0.15, 0.2) is 22.6 Å². The summed E-state index contributed by atoms with van der Waals surface area (Å²) in [7, 11) is 1.58. The molecule has 0 atom stereocenters. The summed E-state index contributed by atoms with van der Waals surface area (Å²) in [5.74, 6) is 1.79. The number of H-pyrrole nitrogens is 1. The number of benzene rings is 1. The molecule has 190 valence electrons. The number of hydrogen-bond donors (Lipinski definition) is 4. The number of nitrogens with two attached hydrogens (primary N) is 1. The largest absolute Gasteiger partial charge is 0.490 e. The van der Waals surface area contributed by atoms with Crippen LogP contribution in [0.15, 0.2) is 40.4 Å². The van der Waals surface area contributed by atoms with E-state index in [1.807, 2.05) is 42.2 Å². The van der Waals surface area contributed by atoms with E-state index in [-0.39, 0.29) is 18.4 Å². The molecule has 1 aliphatic heterocycles. The lowest BCUT2D eigenvalue weighted by Gasteiger charge is -2.35. The Hall–Kier alpha value is -3.84. The average molecular weight is 512 g/mol. The van der Waals surface area contributed by atoms with Gasteiger partial charge in [0.25, 0.3) is 0 Å². The first-order chi connectivity index (χ1) is 17.3. The zero-order valence-corrected chi connectivity index (χ0v) is 21.2. The van der Waals surface area contributed by atoms with Gasteiger partial charge >= 0.3 is 0 Å². The molecule has 3 heterocycles. The summed E-state index contributed by atoms with van der Waals surface area (Å²) < 4.78 is 5.75. The first-order valence-electron chi connectivity index (χ1n) is 11.4. The van der Waals surface area contributed by atoms with Crippen molar-refractivity contribution in [2.45, 2.75) is 23.9 Å². The minimum absolute atomic E-state index is 0.126. The number of hydrogen-bond acceptors (Lipinski definition) is 10. The van der Waals surface area contributed by atoms with E-state index in [1.165, 1.54) is 18.7 Å². The summed E-state index contributed by atoms with van der Waals surface area (Å²) in [5, 5.41) is 13.7. The molecule has 1 saturated heterocycles. The van der Waals surface area contributed by atoms with Gasteiger partial charge in [-0.3, -0.25) is 19.6 Å². The van der Waals surface area contributed by atoms with Crippen LogP contribution in [0.1, 0.15) is 12.6 Å². The summed E-state index contributed by atoms with van der Waals surface area (Å²) in [6.45, 7) is 6.26. The van der Waals surface area contributed by atoms with Crippen LogP contribution in [0.5, 0.6) is 5.75 Å². The molecule has 0 unspecified atom stereocenters. The molecule has 0 aliphatic carbocycles. The molecule has 36 heavy (non-hydrogen) atoms. The van der Waals surface area contributed by atoms with Crippen molar-refractivity contribution in [3.05, 3.63) is 36.0 Å². The number of ether oxygens (including phenoxy) is 1. The Labute approximate surface area is 213 Å². The van der Waals surface area contributed by atoms with Crippen molar-refractivity contribution in [1.82, 2.24) is 25.1 Å². The molecule has 5 N–H and O–H groups in total. The minimum Gasteiger partial charge on any atom is -0.490 e. The highest BCUT2D eigenvalue weighted by Crippen LogP contribution is 2.38. The lowest BCUT2D eigenvalue weighted by molar-refractivity contribution is -0.119. The second-order valence-corrected chi connectivity index (χ2v) is 9.35. The van der Waals surface area contributed by atoms with E-state index in [0.717, 1.165) is 10.6 Å². The van der Waals surface area contributed by atoms with Crippen molar-refractivity contribution in [2.24, 2.45) is 5.73 Å². The number of rotatable bonds is 9. The number of aromatic amines is 1. The molecule has 4 rings (SSSR count). The highest BCUT2D eigenvalue weighted by Gasteiger charge is 2.25. The Morgan fingerprint density at radius 3 is 2.47 bits per heavy atom. The summed E-state index contributed by atoms with van der Waals surface area (Å²) in [6, 6.07) is 9.33. The predicted octanol–water partition coefficient (Wildman–Crippen LogP) is 1.98. The van der Waals surface area contributed by atoms with Gasteiger partial charge in [-0.15, -0.1) is 0 Å². The Morgan fingerprint density at radius 1 is 1.17 bits per heavy atom. The molecule has 0 spiro atoms. The molecule has 13 heteroatoms. The lowest BCUT2D eigenvalue weighted by atomic mass is 10.3. The number of anilines is 4. The van der Waals surface area contributed by atoms with Crippen LogP contribution in [0.4, 0.5) is 23.1 Å². The number of aromatic nitrogens is 4. The number of primary amides is 1. The fraction of sp³-hybridized carbons (Fsp3) is 0.348. The van der Waals surface area contributed by atoms with Gasteiger partial charge in [-0.1, -0.05) is 0 Å². The molecule has 1 fully saturated rings. The second-order valence-electron chi connectivity index (χ2n) is 8.31. The fourth-order valence-corrected chi connectivity index (χ4v) is 4.56. The van der Waals surface area contributed by atoms with Gasteiger partial charge in [0, 0.05) is 55.4 Å². The molecular formula is C23H29N9O3S. The molecule has 1 aliphatic rings. The third kappa shape index (κ3) is 6.43. The number of aryl methyl sites for hydroxylation is 1. The topological polar surface area (TPSA) is 154 Å². The summed E-state index contributed by atoms with van der Waals surface area (Å²) >= 11 is 1.39. The summed E-state index contributed by atoms with van der Waals surface area (Å²) in [4.78, 5) is 37.2. The smallest absolute Gasteiger partial charge is 0.231 e. The molecule has 0 radical (unpaired) electrons. The molecule has 2 amide bonds. The standard InChI is InChI=1S/C23H29N9O3S/c1-14-12-19(30-29-14)26-21-20(35-3)22(32-10-8-31(9-11-32)13-18(24)34)28-23(27-21)36-17-6-4-16(5-7-17)25-15(2)33/h4-7,12H,8-11,13H2,1-3H3,(H2,24,34)(H,25,33)(H2,26,27,28,29,30). The van der Waals surface area contributed by atoms with Crippen molar-refractivity contribution in [3.63, 3.8) is 0 Å². The highest BCUT2D eigenvalue weighted by atomic mass is 32.2. The van der Waals surface area contributed by atoms with Crippen LogP contribution < -0.4 is 26.0 Å². The van der Waals surface area contributed by atoms with Crippen molar-refractivity contribution in [2.75, 3.05) is 55.4 Å². The third-order valence-corrected chi connectivity index (χ3v) is 6.29. The average Bonchev–Trinajstić information content (AvgIpc) is 3.24. The van der Waals surface area contributed by atoms with Crippen molar-refractivity contribution in [1.29, 1.82) is 0 Å². The predicted molar refractivity (Wildman–Crippen MR) is 138 cm³/mol. The SMILES string of the molecule is COc1c(Nc2cc(C)[nH]n2)nc(Sc2ccc(NC(C)=O)cc2)nc1N1CCN(CC(N)=O)CC1. The number of carbonyl (C=O) groups excluding carboxylic acids is 2. The van der Waals surface area contributed by atoms with Gasteiger partial charge in [-0.25, -0.2) is 9.97 Å². The van der Waals surface area contributed by atoms with Gasteiger partial charge in [-0.2, -0.15) is 5.10 Å². The first kappa shape index (κ1) is 25.3. The summed E-state index contributed by atoms with van der Waals surface area (Å²) in [6.07, 6.45) is 0. The molecule has 0 saturated carbocycles. The van der Waals surface area contributed by atoms with E-state index in [2.05, 4.69) is 25.7 Å². The molecular weight excluding hydrogens is 482 g/mol. The zero-order valence-electron chi connectivity index (χ0n) is 20.4. The van der Waals surface area contributed by atoms with Gasteiger partial charge in [0.05, 0.1) is 13.7 Å². The van der Waals surface area contributed by atoms with Gasteiger partial charge in [-0.05, 0) is 43.0 Å². The number of nitrogens with one attached hydrogen (secondary N) is 3. The van der Waals surface area contributed by atoms with E-state index < -0.39 is 0 Å². The number of methoxy groups -OCH3 is 1. The van der Waals surface area contributed by atoms with Crippen LogP contribution in [0.3, 0.4) is 0 Å². The van der Waals surface area contributed by atoms with Crippen LogP contribution >= 0.6 is 11.8 Å². The van der Waals surface area contributed by atoms with Crippen LogP contribution in [-0.4, -0.2) is 76.7 Å². The van der Waals surface area contributed by atoms with Crippen LogP contribution in [0.25, 0.3) is 0 Å². The Balaban J connectivity index is 1.63. The number of piperazine rings is 1. The molecule has 3 aromatic rings. The minimum atomic E-state index is -0.341. The van der Waals surface area contributed by atoms with Gasteiger partial charge < -0.3 is 26.0 Å². The van der Waals surface area contributed by atoms with Crippen molar-refractivity contribution in [3.8, 4) is 5.75 Å². The van der Waals surface area contributed by atoms with Crippen LogP contribution in [-0.2, 0) is 9.59 Å². The normalized spacial score (nSPS) is 13.9. The zero-order chi connectivity index (χ0) is 25.7. The lowest BCUT2D eigenvalue weighted by Crippen LogP contribution is -2.49. The van der Waals surface area contributed by atoms with Crippen molar-refractivity contribution >= 4 is 46.7 Å². The third-order valence-electron chi connectivity index (χ3n) is 5.42. The van der Waals surface area contributed by atoms with E-state index in [0.29, 0.717) is 60.2 Å². The summed E-state index contributed by atoms with van der Waals surface area (Å²) in [5.41, 5.74) is 6.98.